The summed E-state index contributed by atoms with van der Waals surface area (Å²) in [6.45, 7) is 1.73. The van der Waals surface area contributed by atoms with Crippen LogP contribution in [0.2, 0.25) is 0 Å². The molecular formula is C18H24F3NO3. The van der Waals surface area contributed by atoms with Crippen molar-refractivity contribution in [3.63, 3.8) is 0 Å². The van der Waals surface area contributed by atoms with E-state index in [9.17, 15) is 23.1 Å². The molecule has 1 atom stereocenters. The fourth-order valence-electron chi connectivity index (χ4n) is 2.90. The maximum Gasteiger partial charge on any atom is 0.416 e. The number of nitrogens with one attached hydrogen (secondary N) is 1. The second kappa shape index (κ2) is 9.20. The van der Waals surface area contributed by atoms with Gasteiger partial charge in [-0.3, -0.25) is 4.79 Å². The summed E-state index contributed by atoms with van der Waals surface area (Å²) in [5.41, 5.74) is -0.00630. The number of hydrogen-bond acceptors (Lipinski definition) is 3. The molecule has 140 valence electrons. The van der Waals surface area contributed by atoms with Gasteiger partial charge in [-0.15, -0.1) is 0 Å². The molecule has 1 unspecified atom stereocenters. The molecule has 25 heavy (non-hydrogen) atoms. The van der Waals surface area contributed by atoms with Crippen LogP contribution in [0.1, 0.15) is 36.8 Å². The van der Waals surface area contributed by atoms with E-state index in [0.29, 0.717) is 38.2 Å². The van der Waals surface area contributed by atoms with Crippen molar-refractivity contribution in [1.29, 1.82) is 0 Å². The molecule has 7 heteroatoms. The zero-order chi connectivity index (χ0) is 18.3. The smallest absolute Gasteiger partial charge is 0.393 e. The molecule has 1 amide bonds. The normalized spacial score (nSPS) is 17.3. The summed E-state index contributed by atoms with van der Waals surface area (Å²) in [7, 11) is 0. The van der Waals surface area contributed by atoms with Crippen LogP contribution in [-0.4, -0.2) is 36.9 Å². The molecular weight excluding hydrogens is 335 g/mol. The lowest BCUT2D eigenvalue weighted by atomic mass is 9.92. The molecule has 0 aromatic heterocycles. The number of carbonyl (C=O) groups excluding carboxylic acids is 1. The van der Waals surface area contributed by atoms with Crippen LogP contribution in [0.4, 0.5) is 13.2 Å². The van der Waals surface area contributed by atoms with Gasteiger partial charge in [0.05, 0.1) is 11.7 Å². The minimum atomic E-state index is -4.35. The van der Waals surface area contributed by atoms with Crippen LogP contribution in [0.5, 0.6) is 0 Å². The first-order valence-electron chi connectivity index (χ1n) is 8.55. The van der Waals surface area contributed by atoms with Crippen LogP contribution >= 0.6 is 0 Å². The van der Waals surface area contributed by atoms with E-state index in [1.54, 1.807) is 0 Å². The largest absolute Gasteiger partial charge is 0.416 e. The van der Waals surface area contributed by atoms with Gasteiger partial charge in [-0.2, -0.15) is 13.2 Å². The Kier molecular flexibility index (Phi) is 7.25. The van der Waals surface area contributed by atoms with Crippen molar-refractivity contribution in [2.45, 2.75) is 44.4 Å². The molecule has 1 aromatic rings. The first kappa shape index (κ1) is 19.7. The predicted molar refractivity (Wildman–Crippen MR) is 86.9 cm³/mol. The van der Waals surface area contributed by atoms with Crippen LogP contribution in [0.25, 0.3) is 0 Å². The zero-order valence-corrected chi connectivity index (χ0v) is 14.0. The van der Waals surface area contributed by atoms with Crippen molar-refractivity contribution in [2.75, 3.05) is 19.8 Å². The van der Waals surface area contributed by atoms with Gasteiger partial charge in [0.25, 0.3) is 0 Å². The lowest BCUT2D eigenvalue weighted by molar-refractivity contribution is -0.137. The Morgan fingerprint density at radius 1 is 1.24 bits per heavy atom. The van der Waals surface area contributed by atoms with Crippen LogP contribution in [0.3, 0.4) is 0 Å². The molecule has 2 N–H and O–H groups in total. The topological polar surface area (TPSA) is 58.6 Å². The Labute approximate surface area is 145 Å². The third-order valence-corrected chi connectivity index (χ3v) is 4.49. The third kappa shape index (κ3) is 6.66. The van der Waals surface area contributed by atoms with E-state index in [2.05, 4.69) is 5.32 Å². The van der Waals surface area contributed by atoms with Gasteiger partial charge < -0.3 is 15.2 Å². The SMILES string of the molecule is O=C(CCc1ccc(C(F)(F)F)cc1)NCCC(O)C1CCOCC1. The number of rotatable bonds is 7. The van der Waals surface area contributed by atoms with Crippen molar-refractivity contribution in [1.82, 2.24) is 5.32 Å². The summed E-state index contributed by atoms with van der Waals surface area (Å²) >= 11 is 0. The molecule has 0 radical (unpaired) electrons. The molecule has 1 heterocycles. The van der Waals surface area contributed by atoms with E-state index in [4.69, 9.17) is 4.74 Å². The van der Waals surface area contributed by atoms with Gasteiger partial charge in [0.1, 0.15) is 0 Å². The van der Waals surface area contributed by atoms with E-state index in [1.165, 1.54) is 12.1 Å². The standard InChI is InChI=1S/C18H24F3NO3/c19-18(20,21)15-4-1-13(2-5-15)3-6-17(24)22-10-7-16(23)14-8-11-25-12-9-14/h1-2,4-5,14,16,23H,3,6-12H2,(H,22,24). The highest BCUT2D eigenvalue weighted by Gasteiger charge is 2.29. The Balaban J connectivity index is 1.65. The molecule has 2 rings (SSSR count). The Morgan fingerprint density at radius 2 is 1.88 bits per heavy atom. The summed E-state index contributed by atoms with van der Waals surface area (Å²) in [6.07, 6.45) is -2.03. The molecule has 1 fully saturated rings. The minimum Gasteiger partial charge on any atom is -0.393 e. The minimum absolute atomic E-state index is 0.168. The Morgan fingerprint density at radius 3 is 2.48 bits per heavy atom. The average Bonchev–Trinajstić information content (AvgIpc) is 2.60. The number of amides is 1. The summed E-state index contributed by atoms with van der Waals surface area (Å²) < 4.78 is 42.7. The number of benzene rings is 1. The van der Waals surface area contributed by atoms with E-state index < -0.39 is 17.8 Å². The van der Waals surface area contributed by atoms with Gasteiger partial charge in [-0.25, -0.2) is 0 Å². The van der Waals surface area contributed by atoms with E-state index in [0.717, 1.165) is 25.0 Å². The molecule has 1 saturated heterocycles. The number of aryl methyl sites for hydroxylation is 1. The molecule has 0 spiro atoms. The van der Waals surface area contributed by atoms with Gasteiger partial charge in [-0.05, 0) is 49.3 Å². The molecule has 0 bridgehead atoms. The van der Waals surface area contributed by atoms with Gasteiger partial charge in [-0.1, -0.05) is 12.1 Å². The molecule has 1 aliphatic rings. The van der Waals surface area contributed by atoms with E-state index in [1.807, 2.05) is 0 Å². The summed E-state index contributed by atoms with van der Waals surface area (Å²) in [6, 6.07) is 4.84. The van der Waals surface area contributed by atoms with Crippen molar-refractivity contribution in [3.8, 4) is 0 Å². The number of ether oxygens (including phenoxy) is 1. The molecule has 1 aromatic carbocycles. The van der Waals surface area contributed by atoms with Crippen molar-refractivity contribution < 1.29 is 27.8 Å². The fraction of sp³-hybridized carbons (Fsp3) is 0.611. The van der Waals surface area contributed by atoms with Crippen molar-refractivity contribution >= 4 is 5.91 Å². The van der Waals surface area contributed by atoms with Crippen molar-refractivity contribution in [2.24, 2.45) is 5.92 Å². The number of halogens is 3. The number of aliphatic hydroxyl groups is 1. The number of hydrogen-bond donors (Lipinski definition) is 2. The predicted octanol–water partition coefficient (Wildman–Crippen LogP) is 2.93. The monoisotopic (exact) mass is 359 g/mol. The molecule has 4 nitrogen and oxygen atoms in total. The fourth-order valence-corrected chi connectivity index (χ4v) is 2.90. The Hall–Kier alpha value is -1.60. The van der Waals surface area contributed by atoms with Gasteiger partial charge >= 0.3 is 6.18 Å². The first-order chi connectivity index (χ1) is 11.9. The quantitative estimate of drug-likeness (QED) is 0.787. The zero-order valence-electron chi connectivity index (χ0n) is 14.0. The maximum absolute atomic E-state index is 12.5. The number of aliphatic hydroxyl groups excluding tert-OH is 1. The first-order valence-corrected chi connectivity index (χ1v) is 8.55. The van der Waals surface area contributed by atoms with Crippen molar-refractivity contribution in [3.05, 3.63) is 35.4 Å². The van der Waals surface area contributed by atoms with Crippen LogP contribution in [0, 0.1) is 5.92 Å². The van der Waals surface area contributed by atoms with Crippen LogP contribution < -0.4 is 5.32 Å². The highest BCUT2D eigenvalue weighted by molar-refractivity contribution is 5.76. The summed E-state index contributed by atoms with van der Waals surface area (Å²) in [5.74, 6) is 0.0527. The molecule has 1 aliphatic heterocycles. The average molecular weight is 359 g/mol. The van der Waals surface area contributed by atoms with E-state index in [-0.39, 0.29) is 18.2 Å². The number of carbonyl (C=O) groups is 1. The lowest BCUT2D eigenvalue weighted by Crippen LogP contribution is -2.32. The van der Waals surface area contributed by atoms with Gasteiger partial charge in [0.2, 0.25) is 5.91 Å². The number of alkyl halides is 3. The van der Waals surface area contributed by atoms with E-state index >= 15 is 0 Å². The van der Waals surface area contributed by atoms with Crippen LogP contribution in [-0.2, 0) is 22.1 Å². The highest BCUT2D eigenvalue weighted by atomic mass is 19.4. The summed E-state index contributed by atoms with van der Waals surface area (Å²) in [5, 5.41) is 12.8. The molecule has 0 saturated carbocycles. The Bertz CT molecular complexity index is 539. The maximum atomic E-state index is 12.5. The molecule has 0 aliphatic carbocycles. The highest BCUT2D eigenvalue weighted by Crippen LogP contribution is 2.29. The van der Waals surface area contributed by atoms with Crippen LogP contribution in [0.15, 0.2) is 24.3 Å². The summed E-state index contributed by atoms with van der Waals surface area (Å²) in [4.78, 5) is 11.8. The lowest BCUT2D eigenvalue weighted by Gasteiger charge is -2.26. The second-order valence-corrected chi connectivity index (χ2v) is 6.35. The van der Waals surface area contributed by atoms with Gasteiger partial charge in [0.15, 0.2) is 0 Å². The third-order valence-electron chi connectivity index (χ3n) is 4.49. The second-order valence-electron chi connectivity index (χ2n) is 6.35. The van der Waals surface area contributed by atoms with Gasteiger partial charge in [0, 0.05) is 26.2 Å².